The maximum atomic E-state index is 2.51. The van der Waals surface area contributed by atoms with Gasteiger partial charge in [0.05, 0.1) is 0 Å². The van der Waals surface area contributed by atoms with E-state index < -0.39 is 0 Å². The highest BCUT2D eigenvalue weighted by atomic mass is 15.2. The first kappa shape index (κ1) is 13.9. The molecular formula is C12H28N2. The normalized spacial score (nSPS) is 16.3. The van der Waals surface area contributed by atoms with Gasteiger partial charge in [-0.1, -0.05) is 20.3 Å². The van der Waals surface area contributed by atoms with Crippen LogP contribution < -0.4 is 0 Å². The van der Waals surface area contributed by atoms with E-state index in [9.17, 15) is 0 Å². The van der Waals surface area contributed by atoms with Gasteiger partial charge in [-0.05, 0) is 40.9 Å². The third-order valence-electron chi connectivity index (χ3n) is 3.35. The van der Waals surface area contributed by atoms with Crippen LogP contribution in [-0.4, -0.2) is 49.6 Å². The second-order valence-corrected chi connectivity index (χ2v) is 4.83. The highest BCUT2D eigenvalue weighted by Crippen LogP contribution is 2.23. The number of likely N-dealkylation sites (N-methyl/N-ethyl adjacent to an activating group) is 2. The van der Waals surface area contributed by atoms with E-state index in [-0.39, 0.29) is 0 Å². The van der Waals surface area contributed by atoms with Crippen LogP contribution in [0.25, 0.3) is 0 Å². The highest BCUT2D eigenvalue weighted by Gasteiger charge is 2.25. The van der Waals surface area contributed by atoms with Crippen molar-refractivity contribution in [2.45, 2.75) is 45.6 Å². The van der Waals surface area contributed by atoms with Crippen LogP contribution in [0.3, 0.4) is 0 Å². The molecule has 0 aliphatic heterocycles. The lowest BCUT2D eigenvalue weighted by molar-refractivity contribution is 0.111. The Morgan fingerprint density at radius 1 is 1.00 bits per heavy atom. The average Bonchev–Trinajstić information content (AvgIpc) is 2.14. The molecule has 0 saturated heterocycles. The fourth-order valence-electron chi connectivity index (χ4n) is 1.80. The second-order valence-electron chi connectivity index (χ2n) is 4.83. The Morgan fingerprint density at radius 3 is 1.93 bits per heavy atom. The molecule has 0 N–H and O–H groups in total. The highest BCUT2D eigenvalue weighted by molar-refractivity contribution is 4.82. The van der Waals surface area contributed by atoms with Crippen molar-refractivity contribution in [1.29, 1.82) is 0 Å². The minimum atomic E-state index is 0.394. The van der Waals surface area contributed by atoms with Crippen LogP contribution in [-0.2, 0) is 0 Å². The maximum Gasteiger partial charge on any atom is 0.0176 e. The molecule has 2 nitrogen and oxygen atoms in total. The molecule has 0 fully saturated rings. The molecular weight excluding hydrogens is 172 g/mol. The fraction of sp³-hybridized carbons (Fsp3) is 1.00. The predicted molar refractivity (Wildman–Crippen MR) is 64.8 cm³/mol. The van der Waals surface area contributed by atoms with E-state index in [2.05, 4.69) is 51.7 Å². The lowest BCUT2D eigenvalue weighted by Crippen LogP contribution is -2.45. The molecule has 86 valence electrons. The zero-order valence-electron chi connectivity index (χ0n) is 10.9. The first-order valence-corrected chi connectivity index (χ1v) is 5.82. The Morgan fingerprint density at radius 2 is 1.57 bits per heavy atom. The molecule has 1 atom stereocenters. The van der Waals surface area contributed by atoms with Crippen molar-refractivity contribution in [3.63, 3.8) is 0 Å². The Balaban J connectivity index is 4.08. The van der Waals surface area contributed by atoms with E-state index >= 15 is 0 Å². The summed E-state index contributed by atoms with van der Waals surface area (Å²) >= 11 is 0. The molecule has 0 saturated carbocycles. The van der Waals surface area contributed by atoms with Gasteiger partial charge in [0, 0.05) is 18.6 Å². The summed E-state index contributed by atoms with van der Waals surface area (Å²) in [6, 6.07) is 0. The van der Waals surface area contributed by atoms with Crippen molar-refractivity contribution in [2.24, 2.45) is 0 Å². The first-order valence-electron chi connectivity index (χ1n) is 5.82. The van der Waals surface area contributed by atoms with Gasteiger partial charge in [0.2, 0.25) is 0 Å². The molecule has 0 aromatic carbocycles. The zero-order valence-corrected chi connectivity index (χ0v) is 10.9. The lowest BCUT2D eigenvalue weighted by atomic mass is 9.91. The Bertz CT molecular complexity index is 145. The molecule has 0 aromatic heterocycles. The standard InChI is InChI=1S/C12H28N2/c1-7-9-12(3,8-2)14(6)11-10-13(4)5/h7-11H2,1-6H3. The molecule has 0 rings (SSSR count). The van der Waals surface area contributed by atoms with Gasteiger partial charge in [0.15, 0.2) is 0 Å². The van der Waals surface area contributed by atoms with Gasteiger partial charge in [-0.3, -0.25) is 4.90 Å². The summed E-state index contributed by atoms with van der Waals surface area (Å²) in [6.07, 6.45) is 3.81. The lowest BCUT2D eigenvalue weighted by Gasteiger charge is -2.39. The molecule has 0 aliphatic carbocycles. The van der Waals surface area contributed by atoms with Gasteiger partial charge in [0.1, 0.15) is 0 Å². The third-order valence-corrected chi connectivity index (χ3v) is 3.35. The fourth-order valence-corrected chi connectivity index (χ4v) is 1.80. The molecule has 2 heteroatoms. The Hall–Kier alpha value is -0.0800. The topological polar surface area (TPSA) is 6.48 Å². The minimum absolute atomic E-state index is 0.394. The molecule has 0 aliphatic rings. The molecule has 0 aromatic rings. The molecule has 14 heavy (non-hydrogen) atoms. The van der Waals surface area contributed by atoms with Crippen LogP contribution in [0.15, 0.2) is 0 Å². The van der Waals surface area contributed by atoms with Crippen LogP contribution in [0.4, 0.5) is 0 Å². The molecule has 0 radical (unpaired) electrons. The zero-order chi connectivity index (χ0) is 11.2. The van der Waals surface area contributed by atoms with Crippen LogP contribution in [0.1, 0.15) is 40.0 Å². The van der Waals surface area contributed by atoms with Gasteiger partial charge in [-0.15, -0.1) is 0 Å². The van der Waals surface area contributed by atoms with E-state index in [1.54, 1.807) is 0 Å². The van der Waals surface area contributed by atoms with Crippen LogP contribution in [0.5, 0.6) is 0 Å². The summed E-state index contributed by atoms with van der Waals surface area (Å²) < 4.78 is 0. The monoisotopic (exact) mass is 200 g/mol. The van der Waals surface area contributed by atoms with Crippen molar-refractivity contribution < 1.29 is 0 Å². The Labute approximate surface area is 90.3 Å². The summed E-state index contributed by atoms with van der Waals surface area (Å²) in [7, 11) is 6.52. The maximum absolute atomic E-state index is 2.51. The second kappa shape index (κ2) is 6.41. The average molecular weight is 200 g/mol. The van der Waals surface area contributed by atoms with Gasteiger partial charge in [-0.25, -0.2) is 0 Å². The van der Waals surface area contributed by atoms with E-state index in [4.69, 9.17) is 0 Å². The molecule has 0 spiro atoms. The Kier molecular flexibility index (Phi) is 6.38. The van der Waals surface area contributed by atoms with Crippen LogP contribution in [0, 0.1) is 0 Å². The van der Waals surface area contributed by atoms with Gasteiger partial charge < -0.3 is 4.90 Å². The number of hydrogen-bond donors (Lipinski definition) is 0. The van der Waals surface area contributed by atoms with E-state index in [0.717, 1.165) is 13.1 Å². The van der Waals surface area contributed by atoms with Crippen molar-refractivity contribution >= 4 is 0 Å². The van der Waals surface area contributed by atoms with E-state index in [1.807, 2.05) is 0 Å². The van der Waals surface area contributed by atoms with Crippen molar-refractivity contribution in [2.75, 3.05) is 34.2 Å². The largest absolute Gasteiger partial charge is 0.308 e. The van der Waals surface area contributed by atoms with Crippen molar-refractivity contribution in [3.8, 4) is 0 Å². The van der Waals surface area contributed by atoms with Crippen molar-refractivity contribution in [1.82, 2.24) is 9.80 Å². The number of hydrogen-bond acceptors (Lipinski definition) is 2. The number of rotatable bonds is 7. The van der Waals surface area contributed by atoms with Gasteiger partial charge in [0.25, 0.3) is 0 Å². The quantitative estimate of drug-likeness (QED) is 0.623. The first-order chi connectivity index (χ1) is 6.46. The van der Waals surface area contributed by atoms with E-state index in [0.29, 0.717) is 5.54 Å². The SMILES string of the molecule is CCCC(C)(CC)N(C)CCN(C)C. The third kappa shape index (κ3) is 4.43. The summed E-state index contributed by atoms with van der Waals surface area (Å²) in [4.78, 5) is 4.76. The molecule has 0 bridgehead atoms. The molecule has 0 heterocycles. The van der Waals surface area contributed by atoms with Gasteiger partial charge >= 0.3 is 0 Å². The summed E-state index contributed by atoms with van der Waals surface area (Å²) in [5.74, 6) is 0. The molecule has 1 unspecified atom stereocenters. The smallest absolute Gasteiger partial charge is 0.0176 e. The van der Waals surface area contributed by atoms with Crippen LogP contribution in [0.2, 0.25) is 0 Å². The predicted octanol–water partition coefficient (Wildman–Crippen LogP) is 2.45. The van der Waals surface area contributed by atoms with E-state index in [1.165, 1.54) is 19.3 Å². The summed E-state index contributed by atoms with van der Waals surface area (Å²) in [6.45, 7) is 9.26. The summed E-state index contributed by atoms with van der Waals surface area (Å²) in [5.41, 5.74) is 0.394. The van der Waals surface area contributed by atoms with Crippen molar-refractivity contribution in [3.05, 3.63) is 0 Å². The molecule has 0 amide bonds. The summed E-state index contributed by atoms with van der Waals surface area (Å²) in [5, 5.41) is 0. The minimum Gasteiger partial charge on any atom is -0.308 e. The van der Waals surface area contributed by atoms with Crippen LogP contribution >= 0.6 is 0 Å². The number of nitrogens with zero attached hydrogens (tertiary/aromatic N) is 2. The van der Waals surface area contributed by atoms with Gasteiger partial charge in [-0.2, -0.15) is 0 Å².